The van der Waals surface area contributed by atoms with Crippen molar-refractivity contribution in [2.24, 2.45) is 0 Å². The van der Waals surface area contributed by atoms with Crippen LogP contribution in [-0.2, 0) is 4.79 Å². The fourth-order valence-corrected chi connectivity index (χ4v) is 2.48. The molecule has 0 aliphatic rings. The SMILES string of the molecule is CCCCCCCCOc1ccc(-c2c[nH]c(OC(=O)CC)n2)cc1. The number of nitrogens with one attached hydrogen (secondary N) is 1. The number of hydrogen-bond acceptors (Lipinski definition) is 4. The second-order valence-corrected chi connectivity index (χ2v) is 6.06. The Morgan fingerprint density at radius 1 is 1.04 bits per heavy atom. The minimum atomic E-state index is -0.306. The van der Waals surface area contributed by atoms with Crippen LogP contribution in [0.4, 0.5) is 0 Å². The Morgan fingerprint density at radius 3 is 2.48 bits per heavy atom. The molecule has 0 saturated heterocycles. The van der Waals surface area contributed by atoms with Crippen LogP contribution in [0.3, 0.4) is 0 Å². The predicted octanol–water partition coefficient (Wildman–Crippen LogP) is 5.13. The topological polar surface area (TPSA) is 64.2 Å². The maximum Gasteiger partial charge on any atom is 0.313 e. The van der Waals surface area contributed by atoms with Gasteiger partial charge in [0.2, 0.25) is 0 Å². The van der Waals surface area contributed by atoms with E-state index in [1.165, 1.54) is 32.1 Å². The summed E-state index contributed by atoms with van der Waals surface area (Å²) in [6, 6.07) is 8.03. The third kappa shape index (κ3) is 6.61. The normalized spacial score (nSPS) is 10.6. The number of esters is 1. The molecule has 0 fully saturated rings. The summed E-state index contributed by atoms with van der Waals surface area (Å²) in [5.41, 5.74) is 1.68. The number of rotatable bonds is 11. The molecule has 0 atom stereocenters. The number of carbonyl (C=O) groups is 1. The monoisotopic (exact) mass is 344 g/mol. The van der Waals surface area contributed by atoms with Crippen molar-refractivity contribution in [2.75, 3.05) is 6.61 Å². The number of ether oxygens (including phenoxy) is 2. The molecule has 1 heterocycles. The van der Waals surface area contributed by atoms with E-state index in [-0.39, 0.29) is 12.0 Å². The van der Waals surface area contributed by atoms with Gasteiger partial charge in [-0.3, -0.25) is 4.79 Å². The molecule has 0 saturated carbocycles. The molecule has 0 unspecified atom stereocenters. The van der Waals surface area contributed by atoms with E-state index in [9.17, 15) is 4.79 Å². The summed E-state index contributed by atoms with van der Waals surface area (Å²) in [4.78, 5) is 18.4. The lowest BCUT2D eigenvalue weighted by Gasteiger charge is -2.06. The number of hydrogen-bond donors (Lipinski definition) is 1. The van der Waals surface area contributed by atoms with Gasteiger partial charge >= 0.3 is 12.0 Å². The van der Waals surface area contributed by atoms with E-state index in [1.807, 2.05) is 24.3 Å². The van der Waals surface area contributed by atoms with Crippen LogP contribution in [0.25, 0.3) is 11.3 Å². The van der Waals surface area contributed by atoms with E-state index >= 15 is 0 Å². The zero-order valence-electron chi connectivity index (χ0n) is 15.2. The van der Waals surface area contributed by atoms with Gasteiger partial charge in [-0.1, -0.05) is 46.0 Å². The Balaban J connectivity index is 1.77. The zero-order chi connectivity index (χ0) is 17.9. The van der Waals surface area contributed by atoms with E-state index in [2.05, 4.69) is 16.9 Å². The fourth-order valence-electron chi connectivity index (χ4n) is 2.48. The second-order valence-electron chi connectivity index (χ2n) is 6.06. The van der Waals surface area contributed by atoms with Gasteiger partial charge in [-0.05, 0) is 30.7 Å². The first-order chi connectivity index (χ1) is 12.2. The van der Waals surface area contributed by atoms with E-state index in [0.29, 0.717) is 6.42 Å². The van der Waals surface area contributed by atoms with Crippen molar-refractivity contribution in [3.8, 4) is 23.0 Å². The van der Waals surface area contributed by atoms with Crippen LogP contribution in [0, 0.1) is 0 Å². The van der Waals surface area contributed by atoms with Crippen molar-refractivity contribution in [1.29, 1.82) is 0 Å². The van der Waals surface area contributed by atoms with Gasteiger partial charge in [0.05, 0.1) is 12.3 Å². The van der Waals surface area contributed by atoms with Crippen molar-refractivity contribution >= 4 is 5.97 Å². The quantitative estimate of drug-likeness (QED) is 0.453. The first-order valence-electron chi connectivity index (χ1n) is 9.22. The summed E-state index contributed by atoms with van der Waals surface area (Å²) >= 11 is 0. The van der Waals surface area contributed by atoms with Gasteiger partial charge in [0.1, 0.15) is 5.75 Å². The standard InChI is InChI=1S/C20H28N2O3/c1-3-5-6-7-8-9-14-24-17-12-10-16(11-13-17)18-15-21-20(22-18)25-19(23)4-2/h10-13,15H,3-9,14H2,1-2H3,(H,21,22). The summed E-state index contributed by atoms with van der Waals surface area (Å²) in [6.07, 6.45) is 9.59. The van der Waals surface area contributed by atoms with Crippen LogP contribution < -0.4 is 9.47 Å². The zero-order valence-corrected chi connectivity index (χ0v) is 15.2. The van der Waals surface area contributed by atoms with Crippen molar-refractivity contribution in [3.05, 3.63) is 30.5 Å². The number of nitrogens with zero attached hydrogens (tertiary/aromatic N) is 1. The van der Waals surface area contributed by atoms with Crippen molar-refractivity contribution in [3.63, 3.8) is 0 Å². The Bertz CT molecular complexity index is 635. The van der Waals surface area contributed by atoms with Gasteiger partial charge in [0.15, 0.2) is 0 Å². The van der Waals surface area contributed by atoms with Crippen LogP contribution in [0.1, 0.15) is 58.8 Å². The van der Waals surface area contributed by atoms with E-state index < -0.39 is 0 Å². The third-order valence-electron chi connectivity index (χ3n) is 3.97. The molecule has 0 radical (unpaired) electrons. The van der Waals surface area contributed by atoms with Gasteiger partial charge in [-0.2, -0.15) is 4.98 Å². The van der Waals surface area contributed by atoms with E-state index in [4.69, 9.17) is 9.47 Å². The Kier molecular flexibility index (Phi) is 8.02. The molecular weight excluding hydrogens is 316 g/mol. The van der Waals surface area contributed by atoms with Crippen LogP contribution >= 0.6 is 0 Å². The molecule has 136 valence electrons. The highest BCUT2D eigenvalue weighted by atomic mass is 16.5. The van der Waals surface area contributed by atoms with Crippen molar-refractivity contribution in [2.45, 2.75) is 58.8 Å². The maximum absolute atomic E-state index is 11.3. The van der Waals surface area contributed by atoms with Crippen LogP contribution in [0.15, 0.2) is 30.5 Å². The summed E-state index contributed by atoms with van der Waals surface area (Å²) in [5.74, 6) is 0.560. The van der Waals surface area contributed by atoms with Crippen LogP contribution in [-0.4, -0.2) is 22.5 Å². The molecule has 0 spiro atoms. The van der Waals surface area contributed by atoms with Gasteiger partial charge in [0, 0.05) is 18.2 Å². The van der Waals surface area contributed by atoms with Gasteiger partial charge < -0.3 is 14.5 Å². The molecule has 5 nitrogen and oxygen atoms in total. The lowest BCUT2D eigenvalue weighted by molar-refractivity contribution is -0.134. The Labute approximate surface area is 149 Å². The number of aromatic nitrogens is 2. The number of H-pyrrole nitrogens is 1. The molecule has 2 aromatic rings. The molecule has 1 aromatic heterocycles. The summed E-state index contributed by atoms with van der Waals surface area (Å²) < 4.78 is 10.8. The molecule has 0 bridgehead atoms. The van der Waals surface area contributed by atoms with Crippen LogP contribution in [0.2, 0.25) is 0 Å². The maximum atomic E-state index is 11.3. The van der Waals surface area contributed by atoms with Crippen LogP contribution in [0.5, 0.6) is 11.8 Å². The summed E-state index contributed by atoms with van der Waals surface area (Å²) in [7, 11) is 0. The van der Waals surface area contributed by atoms with Crippen molar-refractivity contribution < 1.29 is 14.3 Å². The van der Waals surface area contributed by atoms with Crippen molar-refractivity contribution in [1.82, 2.24) is 9.97 Å². The first kappa shape index (κ1) is 19.0. The fraction of sp³-hybridized carbons (Fsp3) is 0.500. The number of unbranched alkanes of at least 4 members (excludes halogenated alkanes) is 5. The highest BCUT2D eigenvalue weighted by Gasteiger charge is 2.08. The van der Waals surface area contributed by atoms with Gasteiger partial charge in [0.25, 0.3) is 0 Å². The molecule has 0 aliphatic heterocycles. The minimum Gasteiger partial charge on any atom is -0.494 e. The molecule has 2 rings (SSSR count). The van der Waals surface area contributed by atoms with E-state index in [1.54, 1.807) is 13.1 Å². The number of imidazole rings is 1. The largest absolute Gasteiger partial charge is 0.494 e. The first-order valence-corrected chi connectivity index (χ1v) is 9.22. The average molecular weight is 344 g/mol. The Hall–Kier alpha value is -2.30. The number of aromatic amines is 1. The van der Waals surface area contributed by atoms with Gasteiger partial charge in [-0.15, -0.1) is 0 Å². The number of benzene rings is 1. The number of carbonyl (C=O) groups excluding carboxylic acids is 1. The smallest absolute Gasteiger partial charge is 0.313 e. The molecule has 25 heavy (non-hydrogen) atoms. The molecule has 0 amide bonds. The third-order valence-corrected chi connectivity index (χ3v) is 3.97. The van der Waals surface area contributed by atoms with Gasteiger partial charge in [-0.25, -0.2) is 0 Å². The van der Waals surface area contributed by atoms with E-state index in [0.717, 1.165) is 30.0 Å². The average Bonchev–Trinajstić information content (AvgIpc) is 3.09. The minimum absolute atomic E-state index is 0.227. The summed E-state index contributed by atoms with van der Waals surface area (Å²) in [5, 5.41) is 0. The molecule has 1 N–H and O–H groups in total. The second kappa shape index (κ2) is 10.5. The molecule has 0 aliphatic carbocycles. The lowest BCUT2D eigenvalue weighted by Crippen LogP contribution is -2.06. The molecule has 5 heteroatoms. The predicted molar refractivity (Wildman–Crippen MR) is 98.8 cm³/mol. The lowest BCUT2D eigenvalue weighted by atomic mass is 10.1. The molecular formula is C20H28N2O3. The summed E-state index contributed by atoms with van der Waals surface area (Å²) in [6.45, 7) is 4.73. The Morgan fingerprint density at radius 2 is 1.76 bits per heavy atom. The highest BCUT2D eigenvalue weighted by Crippen LogP contribution is 2.22. The highest BCUT2D eigenvalue weighted by molar-refractivity contribution is 5.71. The molecule has 1 aromatic carbocycles.